The van der Waals surface area contributed by atoms with Crippen LogP contribution in [-0.4, -0.2) is 29.8 Å². The van der Waals surface area contributed by atoms with Crippen LogP contribution in [0.15, 0.2) is 24.3 Å². The molecule has 0 aromatic heterocycles. The number of amides is 1. The molecule has 21 heavy (non-hydrogen) atoms. The van der Waals surface area contributed by atoms with Crippen molar-refractivity contribution in [1.82, 2.24) is 5.32 Å². The monoisotopic (exact) mass is 291 g/mol. The highest BCUT2D eigenvalue weighted by atomic mass is 16.7. The predicted octanol–water partition coefficient (Wildman–Crippen LogP) is 1.80. The normalized spacial score (nSPS) is 14.1. The molecule has 1 aromatic rings. The van der Waals surface area contributed by atoms with Gasteiger partial charge in [-0.1, -0.05) is 19.4 Å². The molecule has 2 N–H and O–H groups in total. The van der Waals surface area contributed by atoms with Crippen LogP contribution in [0.25, 0.3) is 6.08 Å². The Labute approximate surface area is 122 Å². The van der Waals surface area contributed by atoms with E-state index in [1.807, 2.05) is 6.92 Å². The summed E-state index contributed by atoms with van der Waals surface area (Å²) in [6, 6.07) is 4.45. The van der Waals surface area contributed by atoms with Gasteiger partial charge in [-0.15, -0.1) is 0 Å². The van der Waals surface area contributed by atoms with Gasteiger partial charge < -0.3 is 19.9 Å². The van der Waals surface area contributed by atoms with Crippen molar-refractivity contribution in [2.45, 2.75) is 25.8 Å². The van der Waals surface area contributed by atoms with Crippen molar-refractivity contribution in [2.24, 2.45) is 0 Å². The third-order valence-corrected chi connectivity index (χ3v) is 3.02. The number of rotatable bonds is 6. The van der Waals surface area contributed by atoms with E-state index < -0.39 is 17.9 Å². The summed E-state index contributed by atoms with van der Waals surface area (Å²) in [5.41, 5.74) is 0.775. The number of nitrogens with one attached hydrogen (secondary N) is 1. The minimum absolute atomic E-state index is 0.195. The summed E-state index contributed by atoms with van der Waals surface area (Å²) in [5.74, 6) is -0.160. The van der Waals surface area contributed by atoms with Crippen LogP contribution < -0.4 is 14.8 Å². The molecule has 1 aliphatic rings. The quantitative estimate of drug-likeness (QED) is 0.781. The maximum atomic E-state index is 11.7. The first-order chi connectivity index (χ1) is 10.1. The van der Waals surface area contributed by atoms with Gasteiger partial charge in [-0.05, 0) is 30.2 Å². The summed E-state index contributed by atoms with van der Waals surface area (Å²) in [6.07, 6.45) is 3.99. The number of carboxylic acid groups (broad SMARTS) is 1. The number of aliphatic carboxylic acids is 1. The number of carbonyl (C=O) groups is 2. The van der Waals surface area contributed by atoms with E-state index in [9.17, 15) is 9.59 Å². The Morgan fingerprint density at radius 3 is 2.86 bits per heavy atom. The largest absolute Gasteiger partial charge is 0.480 e. The van der Waals surface area contributed by atoms with E-state index in [2.05, 4.69) is 5.32 Å². The van der Waals surface area contributed by atoms with Crippen LogP contribution in [0.5, 0.6) is 11.5 Å². The number of hydrogen-bond donors (Lipinski definition) is 2. The molecular weight excluding hydrogens is 274 g/mol. The number of fused-ring (bicyclic) bond motifs is 1. The zero-order valence-electron chi connectivity index (χ0n) is 11.7. The van der Waals surface area contributed by atoms with Gasteiger partial charge in [0.15, 0.2) is 11.5 Å². The molecule has 0 saturated heterocycles. The molecule has 0 saturated carbocycles. The van der Waals surface area contributed by atoms with Crippen LogP contribution >= 0.6 is 0 Å². The minimum atomic E-state index is -1.03. The van der Waals surface area contributed by atoms with Gasteiger partial charge in [-0.3, -0.25) is 4.79 Å². The molecule has 1 atom stereocenters. The lowest BCUT2D eigenvalue weighted by atomic mass is 10.1. The average Bonchev–Trinajstić information content (AvgIpc) is 2.92. The molecule has 0 radical (unpaired) electrons. The summed E-state index contributed by atoms with van der Waals surface area (Å²) in [7, 11) is 0. The van der Waals surface area contributed by atoms with E-state index in [4.69, 9.17) is 14.6 Å². The number of benzene rings is 1. The fraction of sp³-hybridized carbons (Fsp3) is 0.333. The topological polar surface area (TPSA) is 84.9 Å². The molecule has 112 valence electrons. The number of ether oxygens (including phenoxy) is 2. The Bertz CT molecular complexity index is 567. The Balaban J connectivity index is 1.97. The Morgan fingerprint density at radius 2 is 2.14 bits per heavy atom. The lowest BCUT2D eigenvalue weighted by Gasteiger charge is -2.11. The van der Waals surface area contributed by atoms with Crippen molar-refractivity contribution < 1.29 is 24.2 Å². The molecule has 1 amide bonds. The number of hydrogen-bond acceptors (Lipinski definition) is 4. The third-order valence-electron chi connectivity index (χ3n) is 3.02. The second-order valence-corrected chi connectivity index (χ2v) is 4.63. The summed E-state index contributed by atoms with van der Waals surface area (Å²) in [6.45, 7) is 2.06. The molecule has 0 bridgehead atoms. The smallest absolute Gasteiger partial charge is 0.326 e. The molecule has 6 heteroatoms. The molecule has 0 fully saturated rings. The highest BCUT2D eigenvalue weighted by Gasteiger charge is 2.17. The van der Waals surface area contributed by atoms with E-state index in [1.54, 1.807) is 24.3 Å². The van der Waals surface area contributed by atoms with Crippen molar-refractivity contribution in [2.75, 3.05) is 6.79 Å². The highest BCUT2D eigenvalue weighted by Crippen LogP contribution is 2.32. The highest BCUT2D eigenvalue weighted by molar-refractivity contribution is 5.94. The van der Waals surface area contributed by atoms with E-state index in [0.29, 0.717) is 24.3 Å². The summed E-state index contributed by atoms with van der Waals surface area (Å²) in [5, 5.41) is 11.4. The molecule has 0 unspecified atom stereocenters. The average molecular weight is 291 g/mol. The standard InChI is InChI=1S/C15H17NO5/c1-2-3-11(15(18)19)16-14(17)7-5-10-4-6-12-13(8-10)21-9-20-12/h4-8,11H,2-3,9H2,1H3,(H,16,17)(H,18,19)/b7-5+/t11-/m1/s1. The fourth-order valence-corrected chi connectivity index (χ4v) is 1.95. The van der Waals surface area contributed by atoms with Crippen molar-refractivity contribution in [3.05, 3.63) is 29.8 Å². The fourth-order valence-electron chi connectivity index (χ4n) is 1.95. The zero-order chi connectivity index (χ0) is 15.2. The molecule has 1 aliphatic heterocycles. The number of carboxylic acids is 1. The Hall–Kier alpha value is -2.50. The third kappa shape index (κ3) is 3.98. The zero-order valence-corrected chi connectivity index (χ0v) is 11.7. The van der Waals surface area contributed by atoms with Gasteiger partial charge in [0.05, 0.1) is 0 Å². The summed E-state index contributed by atoms with van der Waals surface area (Å²) in [4.78, 5) is 22.7. The van der Waals surface area contributed by atoms with Crippen LogP contribution in [0.3, 0.4) is 0 Å². The molecule has 1 aromatic carbocycles. The molecule has 6 nitrogen and oxygen atoms in total. The first-order valence-corrected chi connectivity index (χ1v) is 6.71. The Kier molecular flexibility index (Phi) is 4.81. The molecule has 1 heterocycles. The lowest BCUT2D eigenvalue weighted by Crippen LogP contribution is -2.39. The molecule has 0 aliphatic carbocycles. The lowest BCUT2D eigenvalue weighted by molar-refractivity contribution is -0.141. The summed E-state index contributed by atoms with van der Waals surface area (Å²) < 4.78 is 10.4. The van der Waals surface area contributed by atoms with Crippen LogP contribution in [0, 0.1) is 0 Å². The van der Waals surface area contributed by atoms with Gasteiger partial charge in [0.2, 0.25) is 12.7 Å². The minimum Gasteiger partial charge on any atom is -0.480 e. The predicted molar refractivity (Wildman–Crippen MR) is 76.1 cm³/mol. The van der Waals surface area contributed by atoms with Gasteiger partial charge in [0.25, 0.3) is 0 Å². The van der Waals surface area contributed by atoms with Gasteiger partial charge in [0.1, 0.15) is 6.04 Å². The summed E-state index contributed by atoms with van der Waals surface area (Å²) >= 11 is 0. The second kappa shape index (κ2) is 6.78. The maximum Gasteiger partial charge on any atom is 0.326 e. The van der Waals surface area contributed by atoms with Gasteiger partial charge in [-0.2, -0.15) is 0 Å². The number of carbonyl (C=O) groups excluding carboxylic acids is 1. The van der Waals surface area contributed by atoms with Crippen molar-refractivity contribution in [1.29, 1.82) is 0 Å². The molecule has 2 rings (SSSR count). The van der Waals surface area contributed by atoms with Gasteiger partial charge >= 0.3 is 5.97 Å². The first-order valence-electron chi connectivity index (χ1n) is 6.71. The van der Waals surface area contributed by atoms with Crippen molar-refractivity contribution in [3.63, 3.8) is 0 Å². The molecular formula is C15H17NO5. The Morgan fingerprint density at radius 1 is 1.38 bits per heavy atom. The van der Waals surface area contributed by atoms with E-state index >= 15 is 0 Å². The second-order valence-electron chi connectivity index (χ2n) is 4.63. The van der Waals surface area contributed by atoms with Crippen LogP contribution in [0.2, 0.25) is 0 Å². The van der Waals surface area contributed by atoms with Gasteiger partial charge in [0, 0.05) is 6.08 Å². The van der Waals surface area contributed by atoms with Crippen molar-refractivity contribution >= 4 is 18.0 Å². The van der Waals surface area contributed by atoms with E-state index in [1.165, 1.54) is 6.08 Å². The van der Waals surface area contributed by atoms with E-state index in [0.717, 1.165) is 5.56 Å². The maximum absolute atomic E-state index is 11.7. The van der Waals surface area contributed by atoms with Crippen molar-refractivity contribution in [3.8, 4) is 11.5 Å². The van der Waals surface area contributed by atoms with Gasteiger partial charge in [-0.25, -0.2) is 4.79 Å². The van der Waals surface area contributed by atoms with Crippen LogP contribution in [0.4, 0.5) is 0 Å². The van der Waals surface area contributed by atoms with Crippen LogP contribution in [0.1, 0.15) is 25.3 Å². The SMILES string of the molecule is CCC[C@@H](NC(=O)/C=C/c1ccc2c(c1)OCO2)C(=O)O. The first kappa shape index (κ1) is 14.9. The molecule has 0 spiro atoms. The van der Waals surface area contributed by atoms with E-state index in [-0.39, 0.29) is 6.79 Å². The van der Waals surface area contributed by atoms with Crippen LogP contribution in [-0.2, 0) is 9.59 Å².